The van der Waals surface area contributed by atoms with Gasteiger partial charge in [0.25, 0.3) is 0 Å². The van der Waals surface area contributed by atoms with Gasteiger partial charge in [-0.25, -0.2) is 5.84 Å². The van der Waals surface area contributed by atoms with Crippen LogP contribution in [0.15, 0.2) is 18.2 Å². The molecule has 0 bridgehead atoms. The Hall–Kier alpha value is -1.53. The number of hydrogen-bond acceptors (Lipinski definition) is 4. The van der Waals surface area contributed by atoms with Crippen molar-refractivity contribution < 1.29 is 9.47 Å². The number of nitrogens with two attached hydrogens (primary N) is 1. The average Bonchev–Trinajstić information content (AvgIpc) is 2.29. The molecule has 0 aromatic heterocycles. The molecule has 1 aromatic carbocycles. The van der Waals surface area contributed by atoms with Gasteiger partial charge in [0.15, 0.2) is 5.11 Å². The smallest absolute Gasteiger partial charge is 0.185 e. The molecule has 15 heavy (non-hydrogen) atoms. The third-order valence-electron chi connectivity index (χ3n) is 1.79. The van der Waals surface area contributed by atoms with Crippen molar-refractivity contribution in [2.45, 2.75) is 0 Å². The van der Waals surface area contributed by atoms with E-state index in [4.69, 9.17) is 27.5 Å². The topological polar surface area (TPSA) is 68.5 Å². The van der Waals surface area contributed by atoms with Gasteiger partial charge in [-0.15, -0.1) is 0 Å². The van der Waals surface area contributed by atoms with E-state index in [1.807, 2.05) is 0 Å². The second kappa shape index (κ2) is 5.38. The summed E-state index contributed by atoms with van der Waals surface area (Å²) in [5.74, 6) is 6.49. The zero-order valence-corrected chi connectivity index (χ0v) is 9.35. The van der Waals surface area contributed by atoms with Crippen LogP contribution in [-0.2, 0) is 0 Å². The first-order valence-corrected chi connectivity index (χ1v) is 4.61. The molecule has 1 aromatic rings. The molecule has 6 heteroatoms. The maximum absolute atomic E-state index is 5.16. The summed E-state index contributed by atoms with van der Waals surface area (Å²) >= 11 is 4.87. The molecular weight excluding hydrogens is 214 g/mol. The highest BCUT2D eigenvalue weighted by Crippen LogP contribution is 2.28. The molecule has 0 unspecified atom stereocenters. The molecule has 5 nitrogen and oxygen atoms in total. The van der Waals surface area contributed by atoms with Gasteiger partial charge in [-0.05, 0) is 24.4 Å². The van der Waals surface area contributed by atoms with Crippen molar-refractivity contribution in [2.24, 2.45) is 5.84 Å². The molecule has 0 aliphatic rings. The zero-order valence-electron chi connectivity index (χ0n) is 8.53. The van der Waals surface area contributed by atoms with Crippen molar-refractivity contribution in [3.05, 3.63) is 18.2 Å². The number of benzene rings is 1. The zero-order chi connectivity index (χ0) is 11.3. The van der Waals surface area contributed by atoms with E-state index < -0.39 is 0 Å². The van der Waals surface area contributed by atoms with Crippen molar-refractivity contribution in [1.82, 2.24) is 5.43 Å². The van der Waals surface area contributed by atoms with Gasteiger partial charge in [0, 0.05) is 6.07 Å². The molecular formula is C9H13N3O2S. The van der Waals surface area contributed by atoms with Crippen LogP contribution in [0, 0.1) is 0 Å². The molecule has 0 atom stereocenters. The monoisotopic (exact) mass is 227 g/mol. The van der Waals surface area contributed by atoms with Crippen molar-refractivity contribution in [3.8, 4) is 11.5 Å². The lowest BCUT2D eigenvalue weighted by molar-refractivity contribution is 0.395. The van der Waals surface area contributed by atoms with Crippen LogP contribution in [0.4, 0.5) is 5.69 Å². The Bertz CT molecular complexity index is 357. The molecule has 82 valence electrons. The summed E-state index contributed by atoms with van der Waals surface area (Å²) < 4.78 is 10.2. The van der Waals surface area contributed by atoms with Gasteiger partial charge in [0.1, 0.15) is 11.5 Å². The summed E-state index contributed by atoms with van der Waals surface area (Å²) in [5.41, 5.74) is 3.05. The Morgan fingerprint density at radius 3 is 2.60 bits per heavy atom. The van der Waals surface area contributed by atoms with Crippen LogP contribution in [0.2, 0.25) is 0 Å². The van der Waals surface area contributed by atoms with E-state index in [1.54, 1.807) is 32.4 Å². The van der Waals surface area contributed by atoms with Gasteiger partial charge in [-0.2, -0.15) is 0 Å². The maximum Gasteiger partial charge on any atom is 0.185 e. The molecule has 0 heterocycles. The van der Waals surface area contributed by atoms with Gasteiger partial charge in [-0.3, -0.25) is 0 Å². The Kier molecular flexibility index (Phi) is 4.14. The standard InChI is InChI=1S/C9H13N3O2S/c1-13-6-3-4-7(8(5-6)14-2)11-9(15)12-10/h3-5H,10H2,1-2H3,(H2,11,12,15). The van der Waals surface area contributed by atoms with Crippen LogP contribution >= 0.6 is 12.2 Å². The highest BCUT2D eigenvalue weighted by Gasteiger charge is 2.05. The van der Waals surface area contributed by atoms with Crippen molar-refractivity contribution in [3.63, 3.8) is 0 Å². The van der Waals surface area contributed by atoms with E-state index in [1.165, 1.54) is 0 Å². The van der Waals surface area contributed by atoms with Crippen molar-refractivity contribution in [2.75, 3.05) is 19.5 Å². The van der Waals surface area contributed by atoms with E-state index in [0.717, 1.165) is 5.69 Å². The Labute approximate surface area is 93.5 Å². The molecule has 0 amide bonds. The lowest BCUT2D eigenvalue weighted by atomic mass is 10.2. The van der Waals surface area contributed by atoms with Crippen molar-refractivity contribution in [1.29, 1.82) is 0 Å². The normalized spacial score (nSPS) is 9.27. The predicted molar refractivity (Wildman–Crippen MR) is 63.1 cm³/mol. The van der Waals surface area contributed by atoms with E-state index in [9.17, 15) is 0 Å². The SMILES string of the molecule is COc1ccc(NC(=S)NN)c(OC)c1. The highest BCUT2D eigenvalue weighted by atomic mass is 32.1. The van der Waals surface area contributed by atoms with Crippen molar-refractivity contribution >= 4 is 23.0 Å². The molecule has 0 saturated carbocycles. The minimum absolute atomic E-state index is 0.318. The molecule has 0 aliphatic heterocycles. The minimum Gasteiger partial charge on any atom is -0.497 e. The maximum atomic E-state index is 5.16. The quantitative estimate of drug-likeness (QED) is 0.404. The van der Waals surface area contributed by atoms with Crippen LogP contribution in [0.25, 0.3) is 0 Å². The van der Waals surface area contributed by atoms with E-state index in [2.05, 4.69) is 10.7 Å². The van der Waals surface area contributed by atoms with Gasteiger partial charge < -0.3 is 20.2 Å². The van der Waals surface area contributed by atoms with Crippen LogP contribution in [-0.4, -0.2) is 19.3 Å². The number of hydrazine groups is 1. The number of thiocarbonyl (C=S) groups is 1. The van der Waals surface area contributed by atoms with E-state index >= 15 is 0 Å². The Morgan fingerprint density at radius 2 is 2.07 bits per heavy atom. The summed E-state index contributed by atoms with van der Waals surface area (Å²) in [6.45, 7) is 0. The van der Waals surface area contributed by atoms with Gasteiger partial charge in [-0.1, -0.05) is 0 Å². The molecule has 0 radical (unpaired) electrons. The number of hydrogen-bond donors (Lipinski definition) is 3. The third-order valence-corrected chi connectivity index (χ3v) is 2.01. The molecule has 1 rings (SSSR count). The van der Waals surface area contributed by atoms with Crippen LogP contribution < -0.4 is 26.1 Å². The fourth-order valence-electron chi connectivity index (χ4n) is 1.06. The molecule has 0 spiro atoms. The number of anilines is 1. The first kappa shape index (κ1) is 11.5. The fraction of sp³-hybridized carbons (Fsp3) is 0.222. The minimum atomic E-state index is 0.318. The first-order chi connectivity index (χ1) is 7.21. The summed E-state index contributed by atoms with van der Waals surface area (Å²) in [6, 6.07) is 5.34. The van der Waals surface area contributed by atoms with Crippen LogP contribution in [0.3, 0.4) is 0 Å². The largest absolute Gasteiger partial charge is 0.497 e. The number of nitrogens with one attached hydrogen (secondary N) is 2. The predicted octanol–water partition coefficient (Wildman–Crippen LogP) is 0.864. The Morgan fingerprint density at radius 1 is 1.33 bits per heavy atom. The molecule has 0 saturated heterocycles. The number of rotatable bonds is 3. The van der Waals surface area contributed by atoms with Gasteiger partial charge >= 0.3 is 0 Å². The third kappa shape index (κ3) is 2.97. The highest BCUT2D eigenvalue weighted by molar-refractivity contribution is 7.80. The van der Waals surface area contributed by atoms with Gasteiger partial charge in [0.05, 0.1) is 19.9 Å². The molecule has 0 fully saturated rings. The average molecular weight is 227 g/mol. The summed E-state index contributed by atoms with van der Waals surface area (Å²) in [5, 5.41) is 3.20. The lowest BCUT2D eigenvalue weighted by Gasteiger charge is -2.12. The lowest BCUT2D eigenvalue weighted by Crippen LogP contribution is -2.34. The molecule has 4 N–H and O–H groups in total. The van der Waals surface area contributed by atoms with Crippen LogP contribution in [0.1, 0.15) is 0 Å². The summed E-state index contributed by atoms with van der Waals surface area (Å²) in [7, 11) is 3.16. The fourth-order valence-corrected chi connectivity index (χ4v) is 1.17. The summed E-state index contributed by atoms with van der Waals surface area (Å²) in [4.78, 5) is 0. The second-order valence-corrected chi connectivity index (χ2v) is 3.07. The second-order valence-electron chi connectivity index (χ2n) is 2.66. The Balaban J connectivity index is 2.92. The number of methoxy groups -OCH3 is 2. The van der Waals surface area contributed by atoms with E-state index in [0.29, 0.717) is 16.6 Å². The van der Waals surface area contributed by atoms with Crippen LogP contribution in [0.5, 0.6) is 11.5 Å². The van der Waals surface area contributed by atoms with E-state index in [-0.39, 0.29) is 0 Å². The summed E-state index contributed by atoms with van der Waals surface area (Å²) in [6.07, 6.45) is 0. The van der Waals surface area contributed by atoms with Gasteiger partial charge in [0.2, 0.25) is 0 Å². The molecule has 0 aliphatic carbocycles. The first-order valence-electron chi connectivity index (χ1n) is 4.21. The number of ether oxygens (including phenoxy) is 2.